The van der Waals surface area contributed by atoms with Gasteiger partial charge in [-0.2, -0.15) is 0 Å². The number of ether oxygens (including phenoxy) is 2. The maximum absolute atomic E-state index is 12.3. The first-order valence-corrected chi connectivity index (χ1v) is 11.1. The van der Waals surface area contributed by atoms with Gasteiger partial charge < -0.3 is 20.2 Å². The number of benzene rings is 3. The number of aromatic amines is 1. The minimum atomic E-state index is -0.207. The highest BCUT2D eigenvalue weighted by atomic mass is 35.5. The highest BCUT2D eigenvalue weighted by molar-refractivity contribution is 5.87. The fourth-order valence-electron chi connectivity index (χ4n) is 4.02. The fourth-order valence-corrected chi connectivity index (χ4v) is 4.02. The van der Waals surface area contributed by atoms with Crippen LogP contribution in [0.3, 0.4) is 0 Å². The molecule has 9 heteroatoms. The largest absolute Gasteiger partial charge is 0.492 e. The molecule has 184 valence electrons. The van der Waals surface area contributed by atoms with E-state index in [0.717, 1.165) is 60.5 Å². The van der Waals surface area contributed by atoms with Crippen LogP contribution in [0.2, 0.25) is 0 Å². The summed E-state index contributed by atoms with van der Waals surface area (Å²) in [5.41, 5.74) is 8.55. The summed E-state index contributed by atoms with van der Waals surface area (Å²) in [6, 6.07) is 20.9. The second-order valence-corrected chi connectivity index (χ2v) is 8.13. The standard InChI is InChI=1S/C26H26N4O3.2ClH/c27-22-3-1-2-20(15-22)24-17-25(31)29-26(28-24)21-5-4-19-16-23(7-6-18(19)14-21)33-13-10-30-8-11-32-12-9-30;;/h1-7,14-17H,8-13,27H2,(H,28,29,31);2*1H. The predicted octanol–water partition coefficient (Wildman–Crippen LogP) is 4.39. The highest BCUT2D eigenvalue weighted by Crippen LogP contribution is 2.27. The van der Waals surface area contributed by atoms with E-state index in [0.29, 0.717) is 23.8 Å². The summed E-state index contributed by atoms with van der Waals surface area (Å²) in [6.07, 6.45) is 0. The number of aromatic nitrogens is 2. The number of nitrogens with two attached hydrogens (primary N) is 1. The number of hydrogen-bond acceptors (Lipinski definition) is 6. The van der Waals surface area contributed by atoms with Crippen LogP contribution in [0.4, 0.5) is 5.69 Å². The molecule has 0 spiro atoms. The molecule has 2 heterocycles. The van der Waals surface area contributed by atoms with Crippen LogP contribution in [0.25, 0.3) is 33.4 Å². The van der Waals surface area contributed by atoms with Crippen molar-refractivity contribution in [2.75, 3.05) is 45.2 Å². The monoisotopic (exact) mass is 514 g/mol. The van der Waals surface area contributed by atoms with Gasteiger partial charge in [-0.25, -0.2) is 4.98 Å². The molecule has 1 aliphatic rings. The second-order valence-electron chi connectivity index (χ2n) is 8.13. The van der Waals surface area contributed by atoms with E-state index in [-0.39, 0.29) is 30.4 Å². The van der Waals surface area contributed by atoms with Gasteiger partial charge in [-0.3, -0.25) is 9.69 Å². The Morgan fingerprint density at radius 1 is 0.943 bits per heavy atom. The average Bonchev–Trinajstić information content (AvgIpc) is 2.84. The number of hydrogen-bond donors (Lipinski definition) is 2. The van der Waals surface area contributed by atoms with Crippen LogP contribution in [-0.2, 0) is 4.74 Å². The van der Waals surface area contributed by atoms with Gasteiger partial charge in [0.2, 0.25) is 0 Å². The summed E-state index contributed by atoms with van der Waals surface area (Å²) in [4.78, 5) is 22.2. The Kier molecular flexibility index (Phi) is 9.12. The van der Waals surface area contributed by atoms with Crippen LogP contribution in [0.5, 0.6) is 5.75 Å². The first-order chi connectivity index (χ1) is 16.1. The van der Waals surface area contributed by atoms with Crippen LogP contribution in [-0.4, -0.2) is 54.3 Å². The Labute approximate surface area is 216 Å². The molecule has 0 atom stereocenters. The SMILES string of the molecule is Cl.Cl.Nc1cccc(-c2cc(=O)[nH]c(-c3ccc4cc(OCCN5CCOCC5)ccc4c3)n2)c1. The zero-order chi connectivity index (χ0) is 22.6. The number of halogens is 2. The van der Waals surface area contributed by atoms with Gasteiger partial charge in [0.15, 0.2) is 0 Å². The number of rotatable bonds is 6. The lowest BCUT2D eigenvalue weighted by Gasteiger charge is -2.26. The number of anilines is 1. The minimum absolute atomic E-state index is 0. The van der Waals surface area contributed by atoms with E-state index < -0.39 is 0 Å². The molecule has 0 unspecified atom stereocenters. The van der Waals surface area contributed by atoms with Gasteiger partial charge in [-0.05, 0) is 41.1 Å². The highest BCUT2D eigenvalue weighted by Gasteiger charge is 2.11. The first kappa shape index (κ1) is 26.5. The van der Waals surface area contributed by atoms with E-state index in [1.165, 1.54) is 6.07 Å². The maximum Gasteiger partial charge on any atom is 0.251 e. The minimum Gasteiger partial charge on any atom is -0.492 e. The molecule has 1 aliphatic heterocycles. The Morgan fingerprint density at radius 2 is 1.71 bits per heavy atom. The quantitative estimate of drug-likeness (QED) is 0.370. The van der Waals surface area contributed by atoms with Crippen molar-refractivity contribution in [2.24, 2.45) is 0 Å². The summed E-state index contributed by atoms with van der Waals surface area (Å²) in [5, 5.41) is 2.11. The van der Waals surface area contributed by atoms with Crippen molar-refractivity contribution in [3.8, 4) is 28.4 Å². The van der Waals surface area contributed by atoms with Crippen molar-refractivity contribution >= 4 is 41.3 Å². The van der Waals surface area contributed by atoms with Gasteiger partial charge in [-0.1, -0.05) is 30.3 Å². The third kappa shape index (κ3) is 6.52. The number of nitrogen functional groups attached to an aromatic ring is 1. The molecule has 4 aromatic rings. The van der Waals surface area contributed by atoms with Gasteiger partial charge in [0.25, 0.3) is 5.56 Å². The van der Waals surface area contributed by atoms with Crippen molar-refractivity contribution in [1.29, 1.82) is 0 Å². The normalized spacial score (nSPS) is 13.6. The van der Waals surface area contributed by atoms with Crippen molar-refractivity contribution in [1.82, 2.24) is 14.9 Å². The molecule has 1 aromatic heterocycles. The summed E-state index contributed by atoms with van der Waals surface area (Å²) in [5.74, 6) is 1.37. The van der Waals surface area contributed by atoms with E-state index in [9.17, 15) is 4.79 Å². The van der Waals surface area contributed by atoms with Gasteiger partial charge in [0, 0.05) is 42.5 Å². The van der Waals surface area contributed by atoms with Crippen molar-refractivity contribution in [3.05, 3.63) is 77.1 Å². The third-order valence-electron chi connectivity index (χ3n) is 5.79. The van der Waals surface area contributed by atoms with Crippen LogP contribution < -0.4 is 16.0 Å². The maximum atomic E-state index is 12.3. The molecule has 1 fully saturated rings. The van der Waals surface area contributed by atoms with E-state index in [1.807, 2.05) is 60.7 Å². The van der Waals surface area contributed by atoms with E-state index in [2.05, 4.69) is 14.9 Å². The summed E-state index contributed by atoms with van der Waals surface area (Å²) in [7, 11) is 0. The van der Waals surface area contributed by atoms with Crippen molar-refractivity contribution in [2.45, 2.75) is 0 Å². The molecule has 35 heavy (non-hydrogen) atoms. The van der Waals surface area contributed by atoms with Crippen LogP contribution in [0.1, 0.15) is 0 Å². The Balaban J connectivity index is 0.00000171. The Hall–Kier alpha value is -3.10. The molecule has 5 rings (SSSR count). The molecule has 7 nitrogen and oxygen atoms in total. The molecule has 3 N–H and O–H groups in total. The van der Waals surface area contributed by atoms with Crippen LogP contribution >= 0.6 is 24.8 Å². The van der Waals surface area contributed by atoms with Crippen molar-refractivity contribution < 1.29 is 9.47 Å². The lowest BCUT2D eigenvalue weighted by molar-refractivity contribution is 0.0322. The van der Waals surface area contributed by atoms with Crippen molar-refractivity contribution in [3.63, 3.8) is 0 Å². The zero-order valence-electron chi connectivity index (χ0n) is 19.1. The smallest absolute Gasteiger partial charge is 0.251 e. The topological polar surface area (TPSA) is 93.5 Å². The molecule has 1 saturated heterocycles. The lowest BCUT2D eigenvalue weighted by atomic mass is 10.1. The molecular weight excluding hydrogens is 487 g/mol. The Bertz CT molecular complexity index is 1340. The molecule has 0 amide bonds. The average molecular weight is 515 g/mol. The molecule has 0 aliphatic carbocycles. The van der Waals surface area contributed by atoms with Gasteiger partial charge in [0.1, 0.15) is 18.2 Å². The third-order valence-corrected chi connectivity index (χ3v) is 5.79. The summed E-state index contributed by atoms with van der Waals surface area (Å²) in [6.45, 7) is 5.04. The number of nitrogens with zero attached hydrogens (tertiary/aromatic N) is 2. The summed E-state index contributed by atoms with van der Waals surface area (Å²) < 4.78 is 11.4. The van der Waals surface area contributed by atoms with E-state index in [4.69, 9.17) is 15.2 Å². The van der Waals surface area contributed by atoms with Crippen LogP contribution in [0, 0.1) is 0 Å². The molecule has 0 saturated carbocycles. The number of morpholine rings is 1. The van der Waals surface area contributed by atoms with Gasteiger partial charge in [0.05, 0.1) is 18.9 Å². The van der Waals surface area contributed by atoms with Gasteiger partial charge in [-0.15, -0.1) is 24.8 Å². The first-order valence-electron chi connectivity index (χ1n) is 11.1. The molecule has 3 aromatic carbocycles. The molecule has 0 radical (unpaired) electrons. The molecule has 0 bridgehead atoms. The Morgan fingerprint density at radius 3 is 2.51 bits per heavy atom. The van der Waals surface area contributed by atoms with Gasteiger partial charge >= 0.3 is 0 Å². The van der Waals surface area contributed by atoms with E-state index >= 15 is 0 Å². The molecular formula is C26H28Cl2N4O3. The summed E-state index contributed by atoms with van der Waals surface area (Å²) >= 11 is 0. The van der Waals surface area contributed by atoms with Crippen LogP contribution in [0.15, 0.2) is 71.5 Å². The lowest BCUT2D eigenvalue weighted by Crippen LogP contribution is -2.38. The number of H-pyrrole nitrogens is 1. The predicted molar refractivity (Wildman–Crippen MR) is 145 cm³/mol. The number of nitrogens with one attached hydrogen (secondary N) is 1. The van der Waals surface area contributed by atoms with E-state index in [1.54, 1.807) is 0 Å². The number of fused-ring (bicyclic) bond motifs is 1. The second kappa shape index (κ2) is 12.0. The fraction of sp³-hybridized carbons (Fsp3) is 0.231. The zero-order valence-corrected chi connectivity index (χ0v) is 20.7.